The van der Waals surface area contributed by atoms with Gasteiger partial charge in [0.15, 0.2) is 4.34 Å². The topological polar surface area (TPSA) is 93.2 Å². The molecule has 9 heteroatoms. The Balaban J connectivity index is 1.59. The average Bonchev–Trinajstić information content (AvgIpc) is 3.22. The molecule has 2 amide bonds. The van der Waals surface area contributed by atoms with Crippen LogP contribution in [0.15, 0.2) is 58.4 Å². The van der Waals surface area contributed by atoms with Crippen molar-refractivity contribution in [3.8, 4) is 5.75 Å². The number of nitrogens with one attached hydrogen (secondary N) is 2. The Bertz CT molecular complexity index is 946. The Labute approximate surface area is 170 Å². The standard InChI is InChI=1S/C19H18N4O3S2/c1-12(28-19-23-20-11-27-19)17(24)21-14-9-7-13(8-10-14)18(25)22-15-5-3-4-6-16(15)26-2/h3-12H,1-2H3,(H,21,24)(H,22,25). The first-order valence-electron chi connectivity index (χ1n) is 8.35. The molecule has 0 aliphatic rings. The molecule has 0 saturated carbocycles. The minimum absolute atomic E-state index is 0.147. The van der Waals surface area contributed by atoms with Crippen molar-refractivity contribution in [2.24, 2.45) is 0 Å². The largest absolute Gasteiger partial charge is 0.495 e. The fraction of sp³-hybridized carbons (Fsp3) is 0.158. The number of benzene rings is 2. The van der Waals surface area contributed by atoms with Crippen LogP contribution in [0.4, 0.5) is 11.4 Å². The van der Waals surface area contributed by atoms with E-state index in [0.29, 0.717) is 22.7 Å². The number of anilines is 2. The van der Waals surface area contributed by atoms with Gasteiger partial charge >= 0.3 is 0 Å². The molecule has 1 atom stereocenters. The van der Waals surface area contributed by atoms with Gasteiger partial charge < -0.3 is 15.4 Å². The summed E-state index contributed by atoms with van der Waals surface area (Å²) in [5.41, 5.74) is 3.31. The van der Waals surface area contributed by atoms with Crippen LogP contribution in [0.2, 0.25) is 0 Å². The SMILES string of the molecule is COc1ccccc1NC(=O)c1ccc(NC(=O)C(C)Sc2nncs2)cc1. The maximum atomic E-state index is 12.4. The summed E-state index contributed by atoms with van der Waals surface area (Å²) in [7, 11) is 1.55. The second-order valence-electron chi connectivity index (χ2n) is 5.69. The first kappa shape index (κ1) is 19.8. The molecule has 0 radical (unpaired) electrons. The van der Waals surface area contributed by atoms with Gasteiger partial charge in [-0.1, -0.05) is 35.2 Å². The molecule has 144 valence electrons. The molecule has 3 rings (SSSR count). The van der Waals surface area contributed by atoms with Gasteiger partial charge in [-0.25, -0.2) is 0 Å². The van der Waals surface area contributed by atoms with Crippen LogP contribution in [0.1, 0.15) is 17.3 Å². The minimum Gasteiger partial charge on any atom is -0.495 e. The summed E-state index contributed by atoms with van der Waals surface area (Å²) < 4.78 is 5.97. The Hall–Kier alpha value is -2.91. The number of amides is 2. The molecule has 0 saturated heterocycles. The fourth-order valence-electron chi connectivity index (χ4n) is 2.31. The summed E-state index contributed by atoms with van der Waals surface area (Å²) in [4.78, 5) is 24.7. The zero-order chi connectivity index (χ0) is 19.9. The third-order valence-corrected chi connectivity index (χ3v) is 5.67. The molecule has 1 heterocycles. The van der Waals surface area contributed by atoms with E-state index in [-0.39, 0.29) is 17.1 Å². The minimum atomic E-state index is -0.318. The summed E-state index contributed by atoms with van der Waals surface area (Å²) in [6, 6.07) is 13.9. The lowest BCUT2D eigenvalue weighted by molar-refractivity contribution is -0.115. The van der Waals surface area contributed by atoms with E-state index >= 15 is 0 Å². The van der Waals surface area contributed by atoms with E-state index < -0.39 is 0 Å². The van der Waals surface area contributed by atoms with E-state index in [1.54, 1.807) is 55.9 Å². The summed E-state index contributed by atoms with van der Waals surface area (Å²) in [6.45, 7) is 1.80. The molecule has 0 spiro atoms. The van der Waals surface area contributed by atoms with Crippen LogP contribution in [-0.2, 0) is 4.79 Å². The van der Waals surface area contributed by atoms with Crippen molar-refractivity contribution in [1.29, 1.82) is 0 Å². The average molecular weight is 415 g/mol. The van der Waals surface area contributed by atoms with Crippen LogP contribution in [0, 0.1) is 0 Å². The molecule has 0 bridgehead atoms. The Morgan fingerprint density at radius 3 is 2.54 bits per heavy atom. The van der Waals surface area contributed by atoms with Crippen molar-refractivity contribution in [3.63, 3.8) is 0 Å². The van der Waals surface area contributed by atoms with Crippen LogP contribution in [0.25, 0.3) is 0 Å². The lowest BCUT2D eigenvalue weighted by atomic mass is 10.2. The molecule has 2 N–H and O–H groups in total. The smallest absolute Gasteiger partial charge is 0.255 e. The zero-order valence-corrected chi connectivity index (χ0v) is 16.8. The van der Waals surface area contributed by atoms with Gasteiger partial charge in [0.2, 0.25) is 5.91 Å². The molecule has 3 aromatic rings. The zero-order valence-electron chi connectivity index (χ0n) is 15.2. The highest BCUT2D eigenvalue weighted by Gasteiger charge is 2.16. The molecule has 0 fully saturated rings. The van der Waals surface area contributed by atoms with Gasteiger partial charge in [0.05, 0.1) is 18.0 Å². The van der Waals surface area contributed by atoms with Gasteiger partial charge in [-0.15, -0.1) is 10.2 Å². The summed E-state index contributed by atoms with van der Waals surface area (Å²) in [5, 5.41) is 13.0. The second kappa shape index (κ2) is 9.34. The van der Waals surface area contributed by atoms with Crippen molar-refractivity contribution in [2.75, 3.05) is 17.7 Å². The Morgan fingerprint density at radius 2 is 1.86 bits per heavy atom. The number of methoxy groups -OCH3 is 1. The number of rotatable bonds is 7. The fourth-order valence-corrected chi connectivity index (χ4v) is 3.94. The molecule has 7 nitrogen and oxygen atoms in total. The Morgan fingerprint density at radius 1 is 1.11 bits per heavy atom. The van der Waals surface area contributed by atoms with Gasteiger partial charge in [-0.05, 0) is 43.3 Å². The van der Waals surface area contributed by atoms with E-state index in [9.17, 15) is 9.59 Å². The van der Waals surface area contributed by atoms with Crippen molar-refractivity contribution < 1.29 is 14.3 Å². The van der Waals surface area contributed by atoms with Crippen molar-refractivity contribution in [1.82, 2.24) is 10.2 Å². The van der Waals surface area contributed by atoms with E-state index in [0.717, 1.165) is 4.34 Å². The van der Waals surface area contributed by atoms with Gasteiger partial charge in [-0.2, -0.15) is 0 Å². The molecular weight excluding hydrogens is 396 g/mol. The number of para-hydroxylation sites is 2. The highest BCUT2D eigenvalue weighted by atomic mass is 32.2. The van der Waals surface area contributed by atoms with Crippen LogP contribution < -0.4 is 15.4 Å². The third-order valence-electron chi connectivity index (χ3n) is 3.76. The molecule has 1 aromatic heterocycles. The normalized spacial score (nSPS) is 11.5. The number of ether oxygens (including phenoxy) is 1. The van der Waals surface area contributed by atoms with E-state index in [1.807, 2.05) is 12.1 Å². The molecule has 2 aromatic carbocycles. The van der Waals surface area contributed by atoms with Gasteiger partial charge in [0.1, 0.15) is 11.3 Å². The monoisotopic (exact) mass is 414 g/mol. The number of hydrogen-bond acceptors (Lipinski definition) is 7. The third kappa shape index (κ3) is 5.08. The van der Waals surface area contributed by atoms with Crippen LogP contribution in [0.3, 0.4) is 0 Å². The second-order valence-corrected chi connectivity index (χ2v) is 8.11. The highest BCUT2D eigenvalue weighted by Crippen LogP contribution is 2.26. The lowest BCUT2D eigenvalue weighted by Gasteiger charge is -2.12. The molecule has 0 aliphatic heterocycles. The molecule has 1 unspecified atom stereocenters. The van der Waals surface area contributed by atoms with Crippen molar-refractivity contribution >= 4 is 46.3 Å². The predicted octanol–water partition coefficient (Wildman–Crippen LogP) is 3.92. The number of nitrogens with zero attached hydrogens (tertiary/aromatic N) is 2. The number of hydrogen-bond donors (Lipinski definition) is 2. The molecule has 28 heavy (non-hydrogen) atoms. The van der Waals surface area contributed by atoms with Crippen LogP contribution in [0.5, 0.6) is 5.75 Å². The predicted molar refractivity (Wildman–Crippen MR) is 111 cm³/mol. The maximum absolute atomic E-state index is 12.4. The maximum Gasteiger partial charge on any atom is 0.255 e. The van der Waals surface area contributed by atoms with Gasteiger partial charge in [0.25, 0.3) is 5.91 Å². The number of carbonyl (C=O) groups excluding carboxylic acids is 2. The summed E-state index contributed by atoms with van der Waals surface area (Å²) >= 11 is 2.74. The lowest BCUT2D eigenvalue weighted by Crippen LogP contribution is -2.22. The first-order valence-corrected chi connectivity index (χ1v) is 10.1. The van der Waals surface area contributed by atoms with Crippen molar-refractivity contribution in [3.05, 3.63) is 59.6 Å². The first-order chi connectivity index (χ1) is 13.6. The van der Waals surface area contributed by atoms with E-state index in [2.05, 4.69) is 20.8 Å². The summed E-state index contributed by atoms with van der Waals surface area (Å²) in [6.07, 6.45) is 0. The molecule has 0 aliphatic carbocycles. The number of thioether (sulfide) groups is 1. The van der Waals surface area contributed by atoms with Crippen molar-refractivity contribution in [2.45, 2.75) is 16.5 Å². The van der Waals surface area contributed by atoms with E-state index in [1.165, 1.54) is 23.1 Å². The van der Waals surface area contributed by atoms with Gasteiger partial charge in [0, 0.05) is 11.3 Å². The van der Waals surface area contributed by atoms with Crippen LogP contribution >= 0.6 is 23.1 Å². The van der Waals surface area contributed by atoms with E-state index in [4.69, 9.17) is 4.74 Å². The van der Waals surface area contributed by atoms with Gasteiger partial charge in [-0.3, -0.25) is 9.59 Å². The number of carbonyl (C=O) groups is 2. The molecular formula is C19H18N4O3S2. The summed E-state index contributed by atoms with van der Waals surface area (Å²) in [5.74, 6) is 0.177. The number of aromatic nitrogens is 2. The highest BCUT2D eigenvalue weighted by molar-refractivity contribution is 8.02. The van der Waals surface area contributed by atoms with Crippen LogP contribution in [-0.4, -0.2) is 34.4 Å². The Kier molecular flexibility index (Phi) is 6.62. The quantitative estimate of drug-likeness (QED) is 0.569.